The van der Waals surface area contributed by atoms with Crippen LogP contribution in [0.3, 0.4) is 0 Å². The van der Waals surface area contributed by atoms with Gasteiger partial charge in [-0.3, -0.25) is 0 Å². The smallest absolute Gasteiger partial charge is 0.126 e. The number of halogens is 2. The van der Waals surface area contributed by atoms with Crippen molar-refractivity contribution in [1.82, 2.24) is 5.32 Å². The Bertz CT molecular complexity index is 595. The van der Waals surface area contributed by atoms with Crippen molar-refractivity contribution in [2.45, 2.75) is 19.9 Å². The molecule has 1 unspecified atom stereocenters. The molecule has 19 heavy (non-hydrogen) atoms. The fourth-order valence-electron chi connectivity index (χ4n) is 2.23. The van der Waals surface area contributed by atoms with Gasteiger partial charge in [0.1, 0.15) is 5.82 Å². The molecule has 100 valence electrons. The van der Waals surface area contributed by atoms with Gasteiger partial charge in [-0.1, -0.05) is 35.9 Å². The Kier molecular flexibility index (Phi) is 4.23. The predicted octanol–water partition coefficient (Wildman–Crippen LogP) is 4.40. The standard InChI is InChI=1S/C16H17ClFN/c1-10-7-8-12(9-15(10)18)16(19-3)13-5-4-6-14(17)11(13)2/h4-9,16,19H,1-3H3. The molecule has 0 radical (unpaired) electrons. The predicted molar refractivity (Wildman–Crippen MR) is 78.2 cm³/mol. The highest BCUT2D eigenvalue weighted by molar-refractivity contribution is 6.31. The summed E-state index contributed by atoms with van der Waals surface area (Å²) in [5.74, 6) is -0.183. The van der Waals surface area contributed by atoms with E-state index in [1.54, 1.807) is 19.1 Å². The molecular weight excluding hydrogens is 261 g/mol. The quantitative estimate of drug-likeness (QED) is 0.876. The van der Waals surface area contributed by atoms with Crippen LogP contribution in [0.5, 0.6) is 0 Å². The summed E-state index contributed by atoms with van der Waals surface area (Å²) in [5, 5.41) is 3.95. The van der Waals surface area contributed by atoms with Crippen molar-refractivity contribution in [1.29, 1.82) is 0 Å². The van der Waals surface area contributed by atoms with Crippen molar-refractivity contribution in [2.75, 3.05) is 7.05 Å². The largest absolute Gasteiger partial charge is 0.309 e. The van der Waals surface area contributed by atoms with E-state index in [-0.39, 0.29) is 11.9 Å². The zero-order chi connectivity index (χ0) is 14.0. The first-order chi connectivity index (χ1) is 9.04. The molecule has 0 amide bonds. The first-order valence-electron chi connectivity index (χ1n) is 6.23. The zero-order valence-electron chi connectivity index (χ0n) is 11.3. The maximum absolute atomic E-state index is 13.7. The molecule has 0 aliphatic rings. The average molecular weight is 278 g/mol. The number of rotatable bonds is 3. The van der Waals surface area contributed by atoms with Gasteiger partial charge in [-0.15, -0.1) is 0 Å². The Morgan fingerprint density at radius 3 is 2.53 bits per heavy atom. The molecule has 2 aromatic carbocycles. The molecule has 0 aliphatic carbocycles. The van der Waals surface area contributed by atoms with Crippen LogP contribution in [0.4, 0.5) is 4.39 Å². The number of aryl methyl sites for hydroxylation is 1. The van der Waals surface area contributed by atoms with Crippen molar-refractivity contribution in [3.63, 3.8) is 0 Å². The first-order valence-corrected chi connectivity index (χ1v) is 6.60. The van der Waals surface area contributed by atoms with E-state index in [1.165, 1.54) is 0 Å². The van der Waals surface area contributed by atoms with E-state index in [0.717, 1.165) is 21.7 Å². The topological polar surface area (TPSA) is 12.0 Å². The van der Waals surface area contributed by atoms with E-state index in [2.05, 4.69) is 5.32 Å². The van der Waals surface area contributed by atoms with Gasteiger partial charge in [0.15, 0.2) is 0 Å². The van der Waals surface area contributed by atoms with E-state index in [4.69, 9.17) is 11.6 Å². The number of benzene rings is 2. The zero-order valence-corrected chi connectivity index (χ0v) is 12.1. The Labute approximate surface area is 118 Å². The van der Waals surface area contributed by atoms with Gasteiger partial charge in [-0.05, 0) is 55.3 Å². The SMILES string of the molecule is CNC(c1ccc(C)c(F)c1)c1cccc(Cl)c1C. The van der Waals surface area contributed by atoms with Crippen molar-refractivity contribution >= 4 is 11.6 Å². The van der Waals surface area contributed by atoms with Gasteiger partial charge in [0.05, 0.1) is 6.04 Å². The normalized spacial score (nSPS) is 12.5. The highest BCUT2D eigenvalue weighted by Crippen LogP contribution is 2.29. The highest BCUT2D eigenvalue weighted by Gasteiger charge is 2.16. The summed E-state index contributed by atoms with van der Waals surface area (Å²) in [6, 6.07) is 11.1. The Balaban J connectivity index is 2.50. The first kappa shape index (κ1) is 14.0. The van der Waals surface area contributed by atoms with Gasteiger partial charge in [0, 0.05) is 5.02 Å². The Morgan fingerprint density at radius 1 is 1.16 bits per heavy atom. The van der Waals surface area contributed by atoms with Crippen LogP contribution in [0.15, 0.2) is 36.4 Å². The fourth-order valence-corrected chi connectivity index (χ4v) is 2.41. The summed E-state index contributed by atoms with van der Waals surface area (Å²) in [6.45, 7) is 3.74. The lowest BCUT2D eigenvalue weighted by atomic mass is 9.94. The summed E-state index contributed by atoms with van der Waals surface area (Å²) < 4.78 is 13.7. The third-order valence-electron chi connectivity index (χ3n) is 3.44. The van der Waals surface area contributed by atoms with E-state index in [1.807, 2.05) is 38.2 Å². The van der Waals surface area contributed by atoms with Crippen molar-refractivity contribution < 1.29 is 4.39 Å². The molecule has 0 saturated carbocycles. The van der Waals surface area contributed by atoms with Crippen LogP contribution in [0.2, 0.25) is 5.02 Å². The summed E-state index contributed by atoms with van der Waals surface area (Å²) in [6.07, 6.45) is 0. The second kappa shape index (κ2) is 5.72. The molecule has 2 aromatic rings. The monoisotopic (exact) mass is 277 g/mol. The van der Waals surface area contributed by atoms with Gasteiger partial charge < -0.3 is 5.32 Å². The van der Waals surface area contributed by atoms with Crippen molar-refractivity contribution in [3.8, 4) is 0 Å². The lowest BCUT2D eigenvalue weighted by Crippen LogP contribution is -2.19. The third kappa shape index (κ3) is 2.80. The molecule has 0 aliphatic heterocycles. The summed E-state index contributed by atoms with van der Waals surface area (Å²) in [5.41, 5.74) is 3.64. The van der Waals surface area contributed by atoms with Crippen molar-refractivity contribution in [3.05, 3.63) is 69.5 Å². The van der Waals surface area contributed by atoms with Crippen LogP contribution in [0, 0.1) is 19.7 Å². The number of hydrogen-bond acceptors (Lipinski definition) is 1. The maximum atomic E-state index is 13.7. The number of nitrogens with one attached hydrogen (secondary N) is 1. The lowest BCUT2D eigenvalue weighted by Gasteiger charge is -2.20. The van der Waals surface area contributed by atoms with Gasteiger partial charge in [0.25, 0.3) is 0 Å². The molecule has 0 aromatic heterocycles. The third-order valence-corrected chi connectivity index (χ3v) is 3.85. The summed E-state index contributed by atoms with van der Waals surface area (Å²) in [7, 11) is 1.86. The second-order valence-electron chi connectivity index (χ2n) is 4.68. The van der Waals surface area contributed by atoms with Gasteiger partial charge in [0.2, 0.25) is 0 Å². The maximum Gasteiger partial charge on any atom is 0.126 e. The highest BCUT2D eigenvalue weighted by atomic mass is 35.5. The second-order valence-corrected chi connectivity index (χ2v) is 5.09. The minimum absolute atomic E-state index is 0.0613. The molecule has 0 heterocycles. The van der Waals surface area contributed by atoms with Crippen LogP contribution in [-0.4, -0.2) is 7.05 Å². The van der Waals surface area contributed by atoms with Crippen LogP contribution in [0.25, 0.3) is 0 Å². The average Bonchev–Trinajstić information content (AvgIpc) is 2.39. The molecule has 0 spiro atoms. The molecular formula is C16H17ClFN. The van der Waals surface area contributed by atoms with Gasteiger partial charge in [-0.25, -0.2) is 4.39 Å². The van der Waals surface area contributed by atoms with Crippen LogP contribution in [-0.2, 0) is 0 Å². The molecule has 0 fully saturated rings. The fraction of sp³-hybridized carbons (Fsp3) is 0.250. The summed E-state index contributed by atoms with van der Waals surface area (Å²) in [4.78, 5) is 0. The number of hydrogen-bond donors (Lipinski definition) is 1. The molecule has 1 N–H and O–H groups in total. The van der Waals surface area contributed by atoms with E-state index < -0.39 is 0 Å². The minimum atomic E-state index is -0.183. The molecule has 3 heteroatoms. The van der Waals surface area contributed by atoms with E-state index in [0.29, 0.717) is 5.56 Å². The van der Waals surface area contributed by atoms with Gasteiger partial charge >= 0.3 is 0 Å². The molecule has 0 bridgehead atoms. The van der Waals surface area contributed by atoms with Crippen LogP contribution in [0.1, 0.15) is 28.3 Å². The van der Waals surface area contributed by atoms with E-state index in [9.17, 15) is 4.39 Å². The van der Waals surface area contributed by atoms with E-state index >= 15 is 0 Å². The van der Waals surface area contributed by atoms with Crippen LogP contribution >= 0.6 is 11.6 Å². The molecule has 1 atom stereocenters. The van der Waals surface area contributed by atoms with Crippen LogP contribution < -0.4 is 5.32 Å². The van der Waals surface area contributed by atoms with Crippen molar-refractivity contribution in [2.24, 2.45) is 0 Å². The summed E-state index contributed by atoms with van der Waals surface area (Å²) >= 11 is 6.16. The lowest BCUT2D eigenvalue weighted by molar-refractivity contribution is 0.608. The molecule has 2 rings (SSSR count). The Hall–Kier alpha value is -1.38. The Morgan fingerprint density at radius 2 is 1.89 bits per heavy atom. The molecule has 1 nitrogen and oxygen atoms in total. The van der Waals surface area contributed by atoms with Gasteiger partial charge in [-0.2, -0.15) is 0 Å². The minimum Gasteiger partial charge on any atom is -0.309 e. The molecule has 0 saturated heterocycles.